The number of methoxy groups -OCH3 is 1. The van der Waals surface area contributed by atoms with Crippen molar-refractivity contribution in [2.24, 2.45) is 0 Å². The third-order valence-electron chi connectivity index (χ3n) is 3.07. The van der Waals surface area contributed by atoms with E-state index >= 15 is 0 Å². The highest BCUT2D eigenvalue weighted by Crippen LogP contribution is 2.15. The molecular formula is C19H16O4. The zero-order chi connectivity index (χ0) is 16.7. The van der Waals surface area contributed by atoms with Crippen LogP contribution in [0.1, 0.15) is 15.9 Å². The molecule has 2 rings (SSSR count). The molecule has 0 saturated heterocycles. The molecule has 0 aliphatic heterocycles. The number of hydrogen-bond acceptors (Lipinski definition) is 4. The van der Waals surface area contributed by atoms with Crippen LogP contribution in [0.5, 0.6) is 11.5 Å². The summed E-state index contributed by atoms with van der Waals surface area (Å²) < 4.78 is 10.0. The van der Waals surface area contributed by atoms with Gasteiger partial charge in [0.15, 0.2) is 5.78 Å². The molecule has 0 amide bonds. The Morgan fingerprint density at radius 3 is 2.13 bits per heavy atom. The molecule has 2 aromatic carbocycles. The normalized spacial score (nSPS) is 10.3. The average Bonchev–Trinajstić information content (AvgIpc) is 2.60. The van der Waals surface area contributed by atoms with Crippen LogP contribution in [0.15, 0.2) is 67.3 Å². The van der Waals surface area contributed by atoms with Crippen LogP contribution in [0.4, 0.5) is 0 Å². The minimum Gasteiger partial charge on any atom is -0.497 e. The van der Waals surface area contributed by atoms with Crippen molar-refractivity contribution in [3.8, 4) is 11.5 Å². The van der Waals surface area contributed by atoms with Crippen molar-refractivity contribution in [2.75, 3.05) is 7.11 Å². The van der Waals surface area contributed by atoms with E-state index in [9.17, 15) is 9.59 Å². The Bertz CT molecular complexity index is 725. The van der Waals surface area contributed by atoms with Crippen molar-refractivity contribution < 1.29 is 19.1 Å². The van der Waals surface area contributed by atoms with E-state index in [1.54, 1.807) is 37.5 Å². The molecule has 116 valence electrons. The van der Waals surface area contributed by atoms with Crippen LogP contribution in [0.2, 0.25) is 0 Å². The molecule has 0 unspecified atom stereocenters. The van der Waals surface area contributed by atoms with E-state index in [0.717, 1.165) is 17.4 Å². The van der Waals surface area contributed by atoms with Crippen molar-refractivity contribution >= 4 is 17.8 Å². The van der Waals surface area contributed by atoms with E-state index in [4.69, 9.17) is 9.47 Å². The predicted molar refractivity (Wildman–Crippen MR) is 88.6 cm³/mol. The molecule has 0 spiro atoms. The predicted octanol–water partition coefficient (Wildman–Crippen LogP) is 3.68. The van der Waals surface area contributed by atoms with Gasteiger partial charge in [-0.3, -0.25) is 4.79 Å². The lowest BCUT2D eigenvalue weighted by molar-refractivity contribution is -0.128. The fraction of sp³-hybridized carbons (Fsp3) is 0.0526. The van der Waals surface area contributed by atoms with Crippen molar-refractivity contribution in [1.82, 2.24) is 0 Å². The minimum atomic E-state index is -0.538. The van der Waals surface area contributed by atoms with Crippen LogP contribution in [-0.4, -0.2) is 18.9 Å². The van der Waals surface area contributed by atoms with Gasteiger partial charge in [0, 0.05) is 11.6 Å². The standard InChI is InChI=1S/C19H16O4/c1-3-19(21)23-17-11-7-15(8-12-17)18(20)13-6-14-4-9-16(22-2)10-5-14/h3-13H,1H2,2H3. The monoisotopic (exact) mass is 308 g/mol. The lowest BCUT2D eigenvalue weighted by Crippen LogP contribution is -2.03. The molecule has 0 bridgehead atoms. The van der Waals surface area contributed by atoms with Crippen LogP contribution in [0.3, 0.4) is 0 Å². The van der Waals surface area contributed by atoms with Gasteiger partial charge >= 0.3 is 5.97 Å². The maximum absolute atomic E-state index is 12.1. The van der Waals surface area contributed by atoms with Gasteiger partial charge in [-0.1, -0.05) is 24.8 Å². The summed E-state index contributed by atoms with van der Waals surface area (Å²) in [6, 6.07) is 13.7. The Morgan fingerprint density at radius 2 is 1.57 bits per heavy atom. The quantitative estimate of drug-likeness (QED) is 0.353. The summed E-state index contributed by atoms with van der Waals surface area (Å²) >= 11 is 0. The molecule has 23 heavy (non-hydrogen) atoms. The fourth-order valence-electron chi connectivity index (χ4n) is 1.83. The molecule has 0 fully saturated rings. The third-order valence-corrected chi connectivity index (χ3v) is 3.07. The first-order chi connectivity index (χ1) is 11.1. The summed E-state index contributed by atoms with van der Waals surface area (Å²) in [5.41, 5.74) is 1.41. The van der Waals surface area contributed by atoms with Crippen LogP contribution in [0, 0.1) is 0 Å². The Kier molecular flexibility index (Phi) is 5.47. The number of benzene rings is 2. The number of ether oxygens (including phenoxy) is 2. The molecule has 0 aliphatic carbocycles. The zero-order valence-corrected chi connectivity index (χ0v) is 12.7. The maximum Gasteiger partial charge on any atom is 0.335 e. The van der Waals surface area contributed by atoms with Gasteiger partial charge in [-0.05, 0) is 48.0 Å². The summed E-state index contributed by atoms with van der Waals surface area (Å²) in [7, 11) is 1.60. The van der Waals surface area contributed by atoms with Gasteiger partial charge in [-0.25, -0.2) is 4.79 Å². The number of carbonyl (C=O) groups excluding carboxylic acids is 2. The van der Waals surface area contributed by atoms with Gasteiger partial charge in [0.25, 0.3) is 0 Å². The summed E-state index contributed by atoms with van der Waals surface area (Å²) in [5.74, 6) is 0.453. The van der Waals surface area contributed by atoms with Gasteiger partial charge in [-0.15, -0.1) is 0 Å². The topological polar surface area (TPSA) is 52.6 Å². The molecule has 0 N–H and O–H groups in total. The molecule has 4 heteroatoms. The molecule has 0 radical (unpaired) electrons. The SMILES string of the molecule is C=CC(=O)Oc1ccc(C(=O)C=Cc2ccc(OC)cc2)cc1. The van der Waals surface area contributed by atoms with Crippen LogP contribution in [-0.2, 0) is 4.79 Å². The number of ketones is 1. The van der Waals surface area contributed by atoms with Gasteiger partial charge in [0.1, 0.15) is 11.5 Å². The smallest absolute Gasteiger partial charge is 0.335 e. The van der Waals surface area contributed by atoms with E-state index in [0.29, 0.717) is 11.3 Å². The highest BCUT2D eigenvalue weighted by molar-refractivity contribution is 6.06. The first kappa shape index (κ1) is 16.2. The van der Waals surface area contributed by atoms with Crippen molar-refractivity contribution in [3.05, 3.63) is 78.4 Å². The highest BCUT2D eigenvalue weighted by Gasteiger charge is 2.04. The molecule has 0 aromatic heterocycles. The van der Waals surface area contributed by atoms with E-state index in [1.165, 1.54) is 6.08 Å². The lowest BCUT2D eigenvalue weighted by atomic mass is 10.1. The average molecular weight is 308 g/mol. The van der Waals surface area contributed by atoms with Crippen LogP contribution < -0.4 is 9.47 Å². The number of rotatable bonds is 6. The number of allylic oxidation sites excluding steroid dienone is 1. The zero-order valence-electron chi connectivity index (χ0n) is 12.7. The molecule has 0 heterocycles. The van der Waals surface area contributed by atoms with Crippen molar-refractivity contribution in [3.63, 3.8) is 0 Å². The Labute approximate surface area is 134 Å². The minimum absolute atomic E-state index is 0.137. The number of hydrogen-bond donors (Lipinski definition) is 0. The van der Waals surface area contributed by atoms with Crippen LogP contribution >= 0.6 is 0 Å². The lowest BCUT2D eigenvalue weighted by Gasteiger charge is -2.02. The molecule has 0 atom stereocenters. The van der Waals surface area contributed by atoms with E-state index in [1.807, 2.05) is 24.3 Å². The number of esters is 1. The van der Waals surface area contributed by atoms with Crippen LogP contribution in [0.25, 0.3) is 6.08 Å². The van der Waals surface area contributed by atoms with E-state index < -0.39 is 5.97 Å². The molecular weight excluding hydrogens is 292 g/mol. The summed E-state index contributed by atoms with van der Waals surface area (Å²) in [6.07, 6.45) is 4.30. The summed E-state index contributed by atoms with van der Waals surface area (Å²) in [4.78, 5) is 23.2. The van der Waals surface area contributed by atoms with Gasteiger partial charge in [-0.2, -0.15) is 0 Å². The Morgan fingerprint density at radius 1 is 0.957 bits per heavy atom. The second-order valence-electron chi connectivity index (χ2n) is 4.62. The highest BCUT2D eigenvalue weighted by atomic mass is 16.5. The molecule has 0 saturated carbocycles. The largest absolute Gasteiger partial charge is 0.497 e. The third kappa shape index (κ3) is 4.68. The molecule has 0 aliphatic rings. The molecule has 2 aromatic rings. The summed E-state index contributed by atoms with van der Waals surface area (Å²) in [5, 5.41) is 0. The van der Waals surface area contributed by atoms with E-state index in [2.05, 4.69) is 6.58 Å². The second kappa shape index (κ2) is 7.75. The van der Waals surface area contributed by atoms with E-state index in [-0.39, 0.29) is 5.78 Å². The maximum atomic E-state index is 12.1. The Balaban J connectivity index is 2.03. The summed E-state index contributed by atoms with van der Waals surface area (Å²) in [6.45, 7) is 3.32. The van der Waals surface area contributed by atoms with Gasteiger partial charge in [0.05, 0.1) is 7.11 Å². The van der Waals surface area contributed by atoms with Crippen molar-refractivity contribution in [2.45, 2.75) is 0 Å². The van der Waals surface area contributed by atoms with Gasteiger partial charge in [0.2, 0.25) is 0 Å². The second-order valence-corrected chi connectivity index (χ2v) is 4.62. The first-order valence-corrected chi connectivity index (χ1v) is 6.93. The first-order valence-electron chi connectivity index (χ1n) is 6.93. The number of carbonyl (C=O) groups is 2. The van der Waals surface area contributed by atoms with Crippen molar-refractivity contribution in [1.29, 1.82) is 0 Å². The van der Waals surface area contributed by atoms with Gasteiger partial charge < -0.3 is 9.47 Å². The fourth-order valence-corrected chi connectivity index (χ4v) is 1.83. The Hall–Kier alpha value is -3.14. The molecule has 4 nitrogen and oxygen atoms in total.